The normalized spacial score (nSPS) is 11.3. The summed E-state index contributed by atoms with van der Waals surface area (Å²) in [6, 6.07) is 8.52. The quantitative estimate of drug-likeness (QED) is 0.644. The van der Waals surface area contributed by atoms with Gasteiger partial charge in [0.05, 0.1) is 9.88 Å². The predicted octanol–water partition coefficient (Wildman–Crippen LogP) is 4.84. The van der Waals surface area contributed by atoms with Crippen molar-refractivity contribution in [2.75, 3.05) is 17.6 Å². The third-order valence-corrected chi connectivity index (χ3v) is 5.95. The number of hydrogen-bond acceptors (Lipinski definition) is 4. The second-order valence-corrected chi connectivity index (χ2v) is 9.38. The van der Waals surface area contributed by atoms with E-state index in [1.54, 1.807) is 23.9 Å². The van der Waals surface area contributed by atoms with Gasteiger partial charge in [-0.3, -0.25) is 9.59 Å². The minimum Gasteiger partial charge on any atom is -0.351 e. The molecule has 0 aliphatic rings. The molecule has 146 valence electrons. The van der Waals surface area contributed by atoms with E-state index in [1.807, 2.05) is 39.8 Å². The monoisotopic (exact) mass is 408 g/mol. The van der Waals surface area contributed by atoms with Crippen LogP contribution in [-0.4, -0.2) is 24.1 Å². The molecule has 7 heteroatoms. The van der Waals surface area contributed by atoms with Crippen molar-refractivity contribution in [3.63, 3.8) is 0 Å². The standard InChI is InChI=1S/C20H25FN2O2S2/c1-13-11-16(23-19(25)20(2,3)4)27-17(13)18(24)22-9-10-26-12-14-7-5-6-8-15(14)21/h5-8,11H,9-10,12H2,1-4H3,(H,22,24)(H,23,25). The smallest absolute Gasteiger partial charge is 0.261 e. The molecule has 1 aromatic carbocycles. The first-order valence-electron chi connectivity index (χ1n) is 8.69. The van der Waals surface area contributed by atoms with Crippen LogP contribution in [0.4, 0.5) is 9.39 Å². The summed E-state index contributed by atoms with van der Waals surface area (Å²) in [4.78, 5) is 25.0. The van der Waals surface area contributed by atoms with Gasteiger partial charge in [-0.25, -0.2) is 4.39 Å². The van der Waals surface area contributed by atoms with Crippen LogP contribution in [-0.2, 0) is 10.5 Å². The fourth-order valence-electron chi connectivity index (χ4n) is 2.18. The molecule has 4 nitrogen and oxygen atoms in total. The predicted molar refractivity (Wildman–Crippen MR) is 112 cm³/mol. The molecule has 27 heavy (non-hydrogen) atoms. The molecule has 1 heterocycles. The molecule has 2 aromatic rings. The number of hydrogen-bond donors (Lipinski definition) is 2. The summed E-state index contributed by atoms with van der Waals surface area (Å²) in [7, 11) is 0. The van der Waals surface area contributed by atoms with E-state index >= 15 is 0 Å². The van der Waals surface area contributed by atoms with Crippen LogP contribution >= 0.6 is 23.1 Å². The van der Waals surface area contributed by atoms with Gasteiger partial charge < -0.3 is 10.6 Å². The van der Waals surface area contributed by atoms with Crippen molar-refractivity contribution in [2.45, 2.75) is 33.4 Å². The van der Waals surface area contributed by atoms with Crippen LogP contribution in [0.2, 0.25) is 0 Å². The number of benzene rings is 1. The Morgan fingerprint density at radius 3 is 2.59 bits per heavy atom. The summed E-state index contributed by atoms with van der Waals surface area (Å²) >= 11 is 2.84. The Balaban J connectivity index is 1.80. The third-order valence-electron chi connectivity index (χ3n) is 3.79. The zero-order valence-corrected chi connectivity index (χ0v) is 17.7. The Morgan fingerprint density at radius 2 is 1.93 bits per heavy atom. The van der Waals surface area contributed by atoms with Gasteiger partial charge in [-0.1, -0.05) is 39.0 Å². The molecule has 0 radical (unpaired) electrons. The van der Waals surface area contributed by atoms with Crippen molar-refractivity contribution >= 4 is 39.9 Å². The van der Waals surface area contributed by atoms with Gasteiger partial charge in [-0.05, 0) is 30.2 Å². The molecule has 0 aliphatic heterocycles. The van der Waals surface area contributed by atoms with Crippen LogP contribution in [0, 0.1) is 18.2 Å². The molecule has 0 unspecified atom stereocenters. The van der Waals surface area contributed by atoms with Gasteiger partial charge in [0.15, 0.2) is 0 Å². The summed E-state index contributed by atoms with van der Waals surface area (Å²) in [5.74, 6) is 0.829. The van der Waals surface area contributed by atoms with E-state index in [0.29, 0.717) is 33.5 Å². The highest BCUT2D eigenvalue weighted by Gasteiger charge is 2.23. The Morgan fingerprint density at radius 1 is 1.22 bits per heavy atom. The van der Waals surface area contributed by atoms with E-state index in [0.717, 1.165) is 5.56 Å². The molecule has 0 saturated carbocycles. The Bertz CT molecular complexity index is 813. The number of thioether (sulfide) groups is 1. The molecule has 0 aliphatic carbocycles. The molecular weight excluding hydrogens is 383 g/mol. The molecular formula is C20H25FN2O2S2. The Hall–Kier alpha value is -1.86. The van der Waals surface area contributed by atoms with Crippen molar-refractivity contribution in [1.82, 2.24) is 5.32 Å². The van der Waals surface area contributed by atoms with E-state index in [2.05, 4.69) is 10.6 Å². The number of amides is 2. The summed E-state index contributed by atoms with van der Waals surface area (Å²) < 4.78 is 13.5. The van der Waals surface area contributed by atoms with E-state index in [9.17, 15) is 14.0 Å². The van der Waals surface area contributed by atoms with Gasteiger partial charge in [0.2, 0.25) is 5.91 Å². The van der Waals surface area contributed by atoms with Gasteiger partial charge >= 0.3 is 0 Å². The molecule has 2 rings (SSSR count). The maximum Gasteiger partial charge on any atom is 0.261 e. The number of aryl methyl sites for hydroxylation is 1. The SMILES string of the molecule is Cc1cc(NC(=O)C(C)(C)C)sc1C(=O)NCCSCc1ccccc1F. The molecule has 2 N–H and O–H groups in total. The molecule has 0 fully saturated rings. The minimum absolute atomic E-state index is 0.0831. The van der Waals surface area contributed by atoms with Crippen LogP contribution in [0.25, 0.3) is 0 Å². The van der Waals surface area contributed by atoms with Crippen LogP contribution in [0.15, 0.2) is 30.3 Å². The molecule has 1 aromatic heterocycles. The largest absolute Gasteiger partial charge is 0.351 e. The average molecular weight is 409 g/mol. The summed E-state index contributed by atoms with van der Waals surface area (Å²) in [6.45, 7) is 7.88. The molecule has 0 spiro atoms. The lowest BCUT2D eigenvalue weighted by Gasteiger charge is -2.16. The first kappa shape index (κ1) is 21.4. The number of thiophene rings is 1. The van der Waals surface area contributed by atoms with Crippen LogP contribution in [0.1, 0.15) is 41.6 Å². The highest BCUT2D eigenvalue weighted by Crippen LogP contribution is 2.28. The number of rotatable bonds is 7. The van der Waals surface area contributed by atoms with Crippen molar-refractivity contribution in [3.8, 4) is 0 Å². The van der Waals surface area contributed by atoms with Gasteiger partial charge in [0, 0.05) is 23.5 Å². The Labute approximate surface area is 167 Å². The van der Waals surface area contributed by atoms with Gasteiger partial charge in [0.1, 0.15) is 5.82 Å². The van der Waals surface area contributed by atoms with Crippen LogP contribution < -0.4 is 10.6 Å². The molecule has 0 bridgehead atoms. The average Bonchev–Trinajstić information content (AvgIpc) is 2.95. The number of anilines is 1. The lowest BCUT2D eigenvalue weighted by atomic mass is 9.96. The first-order chi connectivity index (χ1) is 12.7. The van der Waals surface area contributed by atoms with Crippen LogP contribution in [0.5, 0.6) is 0 Å². The maximum absolute atomic E-state index is 13.5. The van der Waals surface area contributed by atoms with Gasteiger partial charge in [-0.2, -0.15) is 11.8 Å². The fraction of sp³-hybridized carbons (Fsp3) is 0.400. The lowest BCUT2D eigenvalue weighted by molar-refractivity contribution is -0.123. The highest BCUT2D eigenvalue weighted by molar-refractivity contribution is 7.98. The lowest BCUT2D eigenvalue weighted by Crippen LogP contribution is -2.27. The minimum atomic E-state index is -0.490. The number of carbonyl (C=O) groups is 2. The van der Waals surface area contributed by atoms with Gasteiger partial charge in [0.25, 0.3) is 5.91 Å². The van der Waals surface area contributed by atoms with E-state index < -0.39 is 5.41 Å². The van der Waals surface area contributed by atoms with E-state index in [-0.39, 0.29) is 17.6 Å². The number of halogens is 1. The maximum atomic E-state index is 13.5. The molecule has 0 atom stereocenters. The van der Waals surface area contributed by atoms with Crippen molar-refractivity contribution < 1.29 is 14.0 Å². The first-order valence-corrected chi connectivity index (χ1v) is 10.7. The second kappa shape index (κ2) is 9.37. The molecule has 2 amide bonds. The second-order valence-electron chi connectivity index (χ2n) is 7.23. The fourth-order valence-corrected chi connectivity index (χ4v) is 4.01. The topological polar surface area (TPSA) is 58.2 Å². The van der Waals surface area contributed by atoms with Crippen molar-refractivity contribution in [2.24, 2.45) is 5.41 Å². The van der Waals surface area contributed by atoms with Crippen LogP contribution in [0.3, 0.4) is 0 Å². The number of carbonyl (C=O) groups excluding carboxylic acids is 2. The van der Waals surface area contributed by atoms with Crippen molar-refractivity contribution in [1.29, 1.82) is 0 Å². The van der Waals surface area contributed by atoms with E-state index in [1.165, 1.54) is 17.4 Å². The summed E-state index contributed by atoms with van der Waals surface area (Å²) in [5, 5.41) is 6.41. The summed E-state index contributed by atoms with van der Waals surface area (Å²) in [5.41, 5.74) is 1.01. The highest BCUT2D eigenvalue weighted by atomic mass is 32.2. The molecule has 0 saturated heterocycles. The number of nitrogens with one attached hydrogen (secondary N) is 2. The zero-order valence-electron chi connectivity index (χ0n) is 16.0. The van der Waals surface area contributed by atoms with Gasteiger partial charge in [-0.15, -0.1) is 11.3 Å². The zero-order chi connectivity index (χ0) is 20.0. The van der Waals surface area contributed by atoms with E-state index in [4.69, 9.17) is 0 Å². The summed E-state index contributed by atoms with van der Waals surface area (Å²) in [6.07, 6.45) is 0. The third kappa shape index (κ3) is 6.36. The van der Waals surface area contributed by atoms with Crippen molar-refractivity contribution in [3.05, 3.63) is 52.2 Å². The Kier molecular flexibility index (Phi) is 7.44.